The van der Waals surface area contributed by atoms with Gasteiger partial charge in [-0.3, -0.25) is 0 Å². The molecule has 1 aromatic heterocycles. The second-order valence-electron chi connectivity index (χ2n) is 3.47. The maximum Gasteiger partial charge on any atom is 0.366 e. The summed E-state index contributed by atoms with van der Waals surface area (Å²) in [4.78, 5) is 0. The van der Waals surface area contributed by atoms with Crippen LogP contribution in [-0.2, 0) is 0 Å². The molecule has 1 atom stereocenters. The number of aromatic hydroxyl groups is 1. The van der Waals surface area contributed by atoms with Gasteiger partial charge in [0, 0.05) is 18.9 Å². The maximum atomic E-state index is 9.62. The fourth-order valence-corrected chi connectivity index (χ4v) is 1.66. The second-order valence-corrected chi connectivity index (χ2v) is 4.21. The van der Waals surface area contributed by atoms with Crippen LogP contribution in [0.3, 0.4) is 0 Å². The first-order valence-corrected chi connectivity index (χ1v) is 4.97. The van der Waals surface area contributed by atoms with Crippen molar-refractivity contribution in [3.05, 3.63) is 23.9 Å². The molecule has 0 aliphatic rings. The molecule has 0 radical (unpaired) electrons. The molecule has 1 N–H and O–H groups in total. The van der Waals surface area contributed by atoms with Crippen molar-refractivity contribution in [3.8, 4) is 5.88 Å². The van der Waals surface area contributed by atoms with Crippen LogP contribution in [0.4, 0.5) is 0 Å². The molecule has 0 saturated carbocycles. The molecular weight excluding hydrogens is 182 g/mol. The van der Waals surface area contributed by atoms with Gasteiger partial charge in [0.05, 0.1) is 6.07 Å². The van der Waals surface area contributed by atoms with Gasteiger partial charge < -0.3 is 5.11 Å². The molecule has 1 aromatic rings. The van der Waals surface area contributed by atoms with Gasteiger partial charge in [-0.1, -0.05) is 13.8 Å². The third-order valence-corrected chi connectivity index (χ3v) is 2.23. The highest BCUT2D eigenvalue weighted by Gasteiger charge is 2.21. The summed E-state index contributed by atoms with van der Waals surface area (Å²) in [5.41, 5.74) is 1.10. The Morgan fingerprint density at radius 2 is 1.92 bits per heavy atom. The number of rotatable bonds is 2. The van der Waals surface area contributed by atoms with Crippen LogP contribution in [-0.4, -0.2) is 5.11 Å². The molecule has 1 rings (SSSR count). The topological polar surface area (TPSA) is 24.1 Å². The second kappa shape index (κ2) is 4.01. The molecule has 1 heterocycles. The average Bonchev–Trinajstić information content (AvgIpc) is 2.02. The molecule has 0 bridgehead atoms. The Kier molecular flexibility index (Phi) is 3.20. The van der Waals surface area contributed by atoms with Crippen molar-refractivity contribution < 1.29 is 9.67 Å². The lowest BCUT2D eigenvalue weighted by Gasteiger charge is -2.09. The van der Waals surface area contributed by atoms with E-state index < -0.39 is 0 Å². The standard InChI is InChI=1S/C10H15NOS/c1-7(2)9-5-4-6-10(12)11(9)8(3)13/h4-8,13H,1-3H3/p+1. The number of hydrogen-bond donors (Lipinski definition) is 2. The third kappa shape index (κ3) is 2.15. The lowest BCUT2D eigenvalue weighted by atomic mass is 10.1. The summed E-state index contributed by atoms with van der Waals surface area (Å²) in [6, 6.07) is 5.55. The fourth-order valence-electron chi connectivity index (χ4n) is 1.40. The molecule has 3 heteroatoms. The predicted octanol–water partition coefficient (Wildman–Crippen LogP) is 2.25. The molecule has 0 saturated heterocycles. The molecule has 0 aromatic carbocycles. The van der Waals surface area contributed by atoms with E-state index in [0.717, 1.165) is 5.69 Å². The van der Waals surface area contributed by atoms with Crippen molar-refractivity contribution >= 4 is 12.6 Å². The molecule has 0 fully saturated rings. The van der Waals surface area contributed by atoms with Gasteiger partial charge in [0.2, 0.25) is 5.37 Å². The minimum Gasteiger partial charge on any atom is -0.460 e. The lowest BCUT2D eigenvalue weighted by molar-refractivity contribution is -0.709. The lowest BCUT2D eigenvalue weighted by Crippen LogP contribution is -2.40. The highest BCUT2D eigenvalue weighted by Crippen LogP contribution is 2.16. The molecule has 72 valence electrons. The van der Waals surface area contributed by atoms with Crippen LogP contribution in [0.5, 0.6) is 5.88 Å². The number of pyridine rings is 1. The zero-order chi connectivity index (χ0) is 10.0. The Labute approximate surface area is 84.6 Å². The smallest absolute Gasteiger partial charge is 0.366 e. The van der Waals surface area contributed by atoms with Crippen molar-refractivity contribution in [1.82, 2.24) is 0 Å². The predicted molar refractivity (Wildman–Crippen MR) is 56.1 cm³/mol. The van der Waals surface area contributed by atoms with Crippen LogP contribution in [0.15, 0.2) is 18.2 Å². The van der Waals surface area contributed by atoms with E-state index >= 15 is 0 Å². The zero-order valence-electron chi connectivity index (χ0n) is 8.23. The van der Waals surface area contributed by atoms with Crippen molar-refractivity contribution in [3.63, 3.8) is 0 Å². The molecule has 0 amide bonds. The van der Waals surface area contributed by atoms with E-state index in [-0.39, 0.29) is 11.3 Å². The van der Waals surface area contributed by atoms with Crippen LogP contribution >= 0.6 is 12.6 Å². The van der Waals surface area contributed by atoms with E-state index in [1.54, 1.807) is 6.07 Å². The maximum absolute atomic E-state index is 9.62. The molecule has 13 heavy (non-hydrogen) atoms. The number of hydrogen-bond acceptors (Lipinski definition) is 2. The summed E-state index contributed by atoms with van der Waals surface area (Å²) in [6.07, 6.45) is 0. The van der Waals surface area contributed by atoms with E-state index in [0.29, 0.717) is 5.92 Å². The normalized spacial score (nSPS) is 13.3. The Hall–Kier alpha value is -0.700. The van der Waals surface area contributed by atoms with E-state index in [2.05, 4.69) is 26.5 Å². The SMILES string of the molecule is CC(C)c1cccc(O)[n+]1C(C)S. The molecule has 2 nitrogen and oxygen atoms in total. The summed E-state index contributed by atoms with van der Waals surface area (Å²) in [6.45, 7) is 6.14. The van der Waals surface area contributed by atoms with Gasteiger partial charge >= 0.3 is 5.88 Å². The van der Waals surface area contributed by atoms with Crippen LogP contribution in [0.25, 0.3) is 0 Å². The highest BCUT2D eigenvalue weighted by molar-refractivity contribution is 7.80. The van der Waals surface area contributed by atoms with Crippen LogP contribution in [0.1, 0.15) is 37.8 Å². The highest BCUT2D eigenvalue weighted by atomic mass is 32.1. The van der Waals surface area contributed by atoms with Crippen molar-refractivity contribution in [2.45, 2.75) is 32.1 Å². The van der Waals surface area contributed by atoms with Gasteiger partial charge in [0.25, 0.3) is 0 Å². The quantitative estimate of drug-likeness (QED) is 0.553. The van der Waals surface area contributed by atoms with Gasteiger partial charge in [0.15, 0.2) is 5.69 Å². The van der Waals surface area contributed by atoms with E-state index in [4.69, 9.17) is 0 Å². The summed E-state index contributed by atoms with van der Waals surface area (Å²) < 4.78 is 1.83. The van der Waals surface area contributed by atoms with Crippen LogP contribution < -0.4 is 4.57 Å². The van der Waals surface area contributed by atoms with Crippen molar-refractivity contribution in [2.24, 2.45) is 0 Å². The minimum absolute atomic E-state index is 0.00130. The number of aromatic nitrogens is 1. The van der Waals surface area contributed by atoms with Crippen LogP contribution in [0.2, 0.25) is 0 Å². The summed E-state index contributed by atoms with van der Waals surface area (Å²) in [7, 11) is 0. The first-order valence-electron chi connectivity index (χ1n) is 4.45. The van der Waals surface area contributed by atoms with E-state index in [1.807, 2.05) is 23.6 Å². The first kappa shape index (κ1) is 10.4. The Balaban J connectivity index is 3.26. The molecule has 0 spiro atoms. The Morgan fingerprint density at radius 3 is 2.31 bits per heavy atom. The van der Waals surface area contributed by atoms with Gasteiger partial charge in [-0.15, -0.1) is 12.6 Å². The molecule has 0 aliphatic heterocycles. The third-order valence-electron chi connectivity index (χ3n) is 2.00. The monoisotopic (exact) mass is 198 g/mol. The Bertz CT molecular complexity index is 297. The van der Waals surface area contributed by atoms with E-state index in [1.165, 1.54) is 0 Å². The number of nitrogens with zero attached hydrogens (tertiary/aromatic N) is 1. The zero-order valence-corrected chi connectivity index (χ0v) is 9.12. The van der Waals surface area contributed by atoms with Gasteiger partial charge in [-0.25, -0.2) is 0 Å². The molecule has 0 aliphatic carbocycles. The van der Waals surface area contributed by atoms with Crippen LogP contribution in [0, 0.1) is 0 Å². The number of thiol groups is 1. The van der Waals surface area contributed by atoms with Gasteiger partial charge in [-0.2, -0.15) is 4.57 Å². The minimum atomic E-state index is -0.00130. The van der Waals surface area contributed by atoms with E-state index in [9.17, 15) is 5.11 Å². The molecule has 1 unspecified atom stereocenters. The average molecular weight is 198 g/mol. The van der Waals surface area contributed by atoms with Crippen molar-refractivity contribution in [1.29, 1.82) is 0 Å². The summed E-state index contributed by atoms with van der Waals surface area (Å²) in [5, 5.41) is 9.62. The largest absolute Gasteiger partial charge is 0.460 e. The Morgan fingerprint density at radius 1 is 1.31 bits per heavy atom. The summed E-state index contributed by atoms with van der Waals surface area (Å²) >= 11 is 4.32. The van der Waals surface area contributed by atoms with Gasteiger partial charge in [0.1, 0.15) is 0 Å². The fraction of sp³-hybridized carbons (Fsp3) is 0.500. The van der Waals surface area contributed by atoms with Crippen molar-refractivity contribution in [2.75, 3.05) is 0 Å². The van der Waals surface area contributed by atoms with Gasteiger partial charge in [-0.05, 0) is 6.07 Å². The molecular formula is C10H16NOS+. The first-order chi connectivity index (χ1) is 6.04. The summed E-state index contributed by atoms with van der Waals surface area (Å²) in [5.74, 6) is 0.662.